The fourth-order valence-corrected chi connectivity index (χ4v) is 1.94. The summed E-state index contributed by atoms with van der Waals surface area (Å²) in [5, 5.41) is 25.8. The number of carboxylic acids is 1. The summed E-state index contributed by atoms with van der Waals surface area (Å²) in [6.45, 7) is 0. The molecule has 0 heterocycles. The van der Waals surface area contributed by atoms with Crippen LogP contribution in [0.25, 0.3) is 0 Å². The number of benzene rings is 2. The number of hydrogen-bond donors (Lipinski definition) is 3. The molecule has 114 valence electrons. The molecule has 6 nitrogen and oxygen atoms in total. The topological polar surface area (TPSA) is 101 Å². The van der Waals surface area contributed by atoms with Crippen LogP contribution < -0.4 is 15.7 Å². The molecule has 22 heavy (non-hydrogen) atoms. The van der Waals surface area contributed by atoms with Gasteiger partial charge in [-0.15, -0.1) is 0 Å². The fourth-order valence-electron chi connectivity index (χ4n) is 1.64. The van der Waals surface area contributed by atoms with Crippen LogP contribution in [0.2, 0.25) is 10.0 Å². The highest BCUT2D eigenvalue weighted by Crippen LogP contribution is 2.25. The normalized spacial score (nSPS) is 10.1. The van der Waals surface area contributed by atoms with Crippen molar-refractivity contribution in [2.75, 3.05) is 10.6 Å². The maximum atomic E-state index is 11.8. The number of rotatable bonds is 3. The van der Waals surface area contributed by atoms with Gasteiger partial charge in [-0.25, -0.2) is 9.59 Å². The zero-order chi connectivity index (χ0) is 16.3. The van der Waals surface area contributed by atoms with Crippen LogP contribution in [0.15, 0.2) is 36.4 Å². The minimum absolute atomic E-state index is 0.174. The Morgan fingerprint density at radius 1 is 0.955 bits per heavy atom. The van der Waals surface area contributed by atoms with Crippen molar-refractivity contribution in [3.63, 3.8) is 0 Å². The molecule has 0 spiro atoms. The van der Waals surface area contributed by atoms with Gasteiger partial charge in [0.25, 0.3) is 0 Å². The number of aromatic carboxylic acids is 1. The summed E-state index contributed by atoms with van der Waals surface area (Å²) in [7, 11) is 0. The fraction of sp³-hybridized carbons (Fsp3) is 0. The lowest BCUT2D eigenvalue weighted by Gasteiger charge is -2.13. The van der Waals surface area contributed by atoms with Crippen LogP contribution in [0.5, 0.6) is 5.75 Å². The van der Waals surface area contributed by atoms with E-state index < -0.39 is 17.7 Å². The van der Waals surface area contributed by atoms with Crippen LogP contribution in [-0.4, -0.2) is 17.1 Å². The van der Waals surface area contributed by atoms with E-state index in [0.29, 0.717) is 10.7 Å². The maximum absolute atomic E-state index is 11.8. The lowest BCUT2D eigenvalue weighted by atomic mass is 10.2. The van der Waals surface area contributed by atoms with Crippen molar-refractivity contribution in [1.82, 2.24) is 0 Å². The van der Waals surface area contributed by atoms with Crippen LogP contribution in [0.4, 0.5) is 16.2 Å². The third-order valence-electron chi connectivity index (χ3n) is 2.65. The van der Waals surface area contributed by atoms with E-state index in [2.05, 4.69) is 10.6 Å². The Morgan fingerprint density at radius 2 is 1.55 bits per heavy atom. The Balaban J connectivity index is 2.07. The van der Waals surface area contributed by atoms with Gasteiger partial charge in [0.15, 0.2) is 0 Å². The number of hydrogen-bond acceptors (Lipinski definition) is 3. The number of carboxylic acid groups (broad SMARTS) is 1. The number of carbonyl (C=O) groups is 2. The summed E-state index contributed by atoms with van der Waals surface area (Å²) in [6, 6.07) is 7.41. The molecule has 0 unspecified atom stereocenters. The van der Waals surface area contributed by atoms with Gasteiger partial charge in [0.05, 0.1) is 15.6 Å². The third-order valence-corrected chi connectivity index (χ3v) is 3.39. The third kappa shape index (κ3) is 3.81. The van der Waals surface area contributed by atoms with Crippen LogP contribution in [0, 0.1) is 0 Å². The molecule has 0 saturated carbocycles. The molecule has 2 rings (SSSR count). The number of halogens is 2. The molecule has 0 aromatic heterocycles. The molecular formula is C14H9Cl2N2O4-. The van der Waals surface area contributed by atoms with Crippen molar-refractivity contribution in [3.8, 4) is 5.75 Å². The second kappa shape index (κ2) is 6.55. The van der Waals surface area contributed by atoms with Gasteiger partial charge in [0.2, 0.25) is 0 Å². The van der Waals surface area contributed by atoms with E-state index in [4.69, 9.17) is 28.3 Å². The van der Waals surface area contributed by atoms with Gasteiger partial charge in [-0.1, -0.05) is 29.0 Å². The highest BCUT2D eigenvalue weighted by Gasteiger charge is 2.07. The summed E-state index contributed by atoms with van der Waals surface area (Å²) in [5.74, 6) is -2.02. The number of urea groups is 1. The van der Waals surface area contributed by atoms with Crippen LogP contribution in [-0.2, 0) is 0 Å². The summed E-state index contributed by atoms with van der Waals surface area (Å²) in [6.07, 6.45) is 0. The molecule has 3 N–H and O–H groups in total. The number of amides is 2. The molecule has 0 saturated heterocycles. The first-order valence-electron chi connectivity index (χ1n) is 5.94. The molecular weight excluding hydrogens is 331 g/mol. The minimum atomic E-state index is -1.32. The zero-order valence-corrected chi connectivity index (χ0v) is 12.4. The molecule has 8 heteroatoms. The SMILES string of the molecule is O=C(Nc1ccc(C(=O)O)c([O-])c1)Nc1ccc(Cl)c(Cl)c1. The largest absolute Gasteiger partial charge is 0.872 e. The smallest absolute Gasteiger partial charge is 0.335 e. The van der Waals surface area contributed by atoms with Gasteiger partial charge < -0.3 is 20.8 Å². The predicted molar refractivity (Wildman–Crippen MR) is 82.0 cm³/mol. The Kier molecular flexibility index (Phi) is 4.75. The van der Waals surface area contributed by atoms with Crippen molar-refractivity contribution in [3.05, 3.63) is 52.0 Å². The maximum Gasteiger partial charge on any atom is 0.335 e. The van der Waals surface area contributed by atoms with E-state index in [9.17, 15) is 14.7 Å². The van der Waals surface area contributed by atoms with Gasteiger partial charge in [-0.2, -0.15) is 0 Å². The van der Waals surface area contributed by atoms with Crippen molar-refractivity contribution in [1.29, 1.82) is 0 Å². The molecule has 0 aliphatic carbocycles. The lowest BCUT2D eigenvalue weighted by molar-refractivity contribution is -0.268. The van der Waals surface area contributed by atoms with Gasteiger partial charge >= 0.3 is 12.0 Å². The number of nitrogens with one attached hydrogen (secondary N) is 2. The summed E-state index contributed by atoms with van der Waals surface area (Å²) in [4.78, 5) is 22.5. The summed E-state index contributed by atoms with van der Waals surface area (Å²) < 4.78 is 0. The molecule has 0 bridgehead atoms. The van der Waals surface area contributed by atoms with Crippen LogP contribution in [0.3, 0.4) is 0 Å². The lowest BCUT2D eigenvalue weighted by Crippen LogP contribution is -2.19. The summed E-state index contributed by atoms with van der Waals surface area (Å²) >= 11 is 11.6. The number of anilines is 2. The molecule has 0 atom stereocenters. The van der Waals surface area contributed by atoms with E-state index in [1.54, 1.807) is 6.07 Å². The highest BCUT2D eigenvalue weighted by molar-refractivity contribution is 6.42. The molecule has 2 amide bonds. The van der Waals surface area contributed by atoms with Gasteiger partial charge in [-0.05, 0) is 36.4 Å². The molecule has 0 aliphatic rings. The van der Waals surface area contributed by atoms with Crippen molar-refractivity contribution in [2.24, 2.45) is 0 Å². The Bertz CT molecular complexity index is 750. The van der Waals surface area contributed by atoms with Crippen molar-refractivity contribution in [2.45, 2.75) is 0 Å². The first-order chi connectivity index (χ1) is 10.4. The molecule has 0 fully saturated rings. The molecule has 0 aliphatic heterocycles. The van der Waals surface area contributed by atoms with E-state index in [0.717, 1.165) is 12.1 Å². The van der Waals surface area contributed by atoms with E-state index in [-0.39, 0.29) is 16.3 Å². The molecule has 2 aromatic rings. The number of carbonyl (C=O) groups excluding carboxylic acids is 1. The first kappa shape index (κ1) is 15.9. The predicted octanol–water partition coefficient (Wildman–Crippen LogP) is 3.41. The molecule has 2 aromatic carbocycles. The average molecular weight is 340 g/mol. The Morgan fingerprint density at radius 3 is 2.09 bits per heavy atom. The van der Waals surface area contributed by atoms with Crippen molar-refractivity contribution >= 4 is 46.6 Å². The van der Waals surface area contributed by atoms with Gasteiger partial charge in [0, 0.05) is 11.4 Å². The Labute approximate surface area is 135 Å². The first-order valence-corrected chi connectivity index (χ1v) is 6.70. The second-order valence-corrected chi connectivity index (χ2v) is 5.04. The van der Waals surface area contributed by atoms with Gasteiger partial charge in [0.1, 0.15) is 0 Å². The van der Waals surface area contributed by atoms with Crippen LogP contribution >= 0.6 is 23.2 Å². The van der Waals surface area contributed by atoms with Crippen LogP contribution in [0.1, 0.15) is 10.4 Å². The zero-order valence-electron chi connectivity index (χ0n) is 10.9. The van der Waals surface area contributed by atoms with E-state index in [1.165, 1.54) is 18.2 Å². The molecule has 0 radical (unpaired) electrons. The van der Waals surface area contributed by atoms with Gasteiger partial charge in [-0.3, -0.25) is 0 Å². The average Bonchev–Trinajstić information content (AvgIpc) is 2.42. The van der Waals surface area contributed by atoms with E-state index in [1.807, 2.05) is 0 Å². The second-order valence-electron chi connectivity index (χ2n) is 4.22. The standard InChI is InChI=1S/C14H10Cl2N2O4/c15-10-4-2-7(5-11(10)16)17-14(22)18-8-1-3-9(13(20)21)12(19)6-8/h1-6,19H,(H,20,21)(H2,17,18,22)/p-1. The minimum Gasteiger partial charge on any atom is -0.872 e. The Hall–Kier alpha value is -2.44. The quantitative estimate of drug-likeness (QED) is 0.797. The van der Waals surface area contributed by atoms with E-state index >= 15 is 0 Å². The monoisotopic (exact) mass is 339 g/mol. The van der Waals surface area contributed by atoms with Crippen molar-refractivity contribution < 1.29 is 19.8 Å². The summed E-state index contributed by atoms with van der Waals surface area (Å²) in [5.41, 5.74) is 0.222. The highest BCUT2D eigenvalue weighted by atomic mass is 35.5.